The second-order valence-corrected chi connectivity index (χ2v) is 20.0. The minimum Gasteiger partial charge on any atom is -0.278 e. The Balaban J connectivity index is 0.923. The highest BCUT2D eigenvalue weighted by molar-refractivity contribution is 6.16. The Hall–Kier alpha value is -10.4. The molecule has 0 spiro atoms. The topological polar surface area (TPSA) is 69.4 Å². The molecule has 0 radical (unpaired) electrons. The maximum Gasteiger partial charge on any atom is 0.235 e. The zero-order chi connectivity index (χ0) is 52.5. The summed E-state index contributed by atoms with van der Waals surface area (Å²) < 4.78 is 2.25. The molecule has 79 heavy (non-hydrogen) atoms. The maximum absolute atomic E-state index is 5.37. The van der Waals surface area contributed by atoms with Gasteiger partial charge in [0, 0.05) is 44.5 Å². The van der Waals surface area contributed by atoms with Crippen LogP contribution in [-0.2, 0) is 0 Å². The van der Waals surface area contributed by atoms with Crippen LogP contribution >= 0.6 is 0 Å². The highest BCUT2D eigenvalue weighted by Crippen LogP contribution is 2.42. The number of rotatable bonds is 11. The Morgan fingerprint density at radius 3 is 1.33 bits per heavy atom. The number of aromatic nitrogens is 6. The van der Waals surface area contributed by atoms with Gasteiger partial charge in [-0.2, -0.15) is 0 Å². The molecule has 0 aliphatic heterocycles. The largest absolute Gasteiger partial charge is 0.278 e. The summed E-state index contributed by atoms with van der Waals surface area (Å²) in [7, 11) is 0. The zero-order valence-electron chi connectivity index (χ0n) is 43.1. The summed E-state index contributed by atoms with van der Waals surface area (Å²) in [6.07, 6.45) is 9.79. The fraction of sp³-hybridized carbons (Fsp3) is 0.0274. The summed E-state index contributed by atoms with van der Waals surface area (Å²) in [4.78, 5) is 26.5. The van der Waals surface area contributed by atoms with Crippen LogP contribution in [-0.4, -0.2) is 29.5 Å². The van der Waals surface area contributed by atoms with E-state index < -0.39 is 0 Å². The van der Waals surface area contributed by atoms with Gasteiger partial charge in [0.1, 0.15) is 0 Å². The molecule has 14 rings (SSSR count). The standard InChI is InChI=1S/C73H50N6/c1-7-22-49(23-8-1)56-40-41-67-64(47-56)69-63(38-21-39-68(69)79(67)73-74-65(52-28-13-4-14-29-52)48-66(75-73)53-30-15-5-16-31-53)57-35-20-37-59(43-57)72-77-70(54-32-17-6-18-33-54)76-71(78-72)58-36-19-34-55(42-58)62-45-60(50-24-9-2-10-25-50)44-61(46-62)51-26-11-3-12-27-51/h1-22,24-49H,23H2. The van der Waals surface area contributed by atoms with Crippen molar-refractivity contribution in [2.75, 3.05) is 0 Å². The lowest BCUT2D eigenvalue weighted by atomic mass is 9.91. The van der Waals surface area contributed by atoms with Gasteiger partial charge in [0.05, 0.1) is 22.4 Å². The van der Waals surface area contributed by atoms with Gasteiger partial charge in [-0.1, -0.05) is 231 Å². The van der Waals surface area contributed by atoms with Crippen LogP contribution in [0.3, 0.4) is 0 Å². The Kier molecular flexibility index (Phi) is 12.3. The summed E-state index contributed by atoms with van der Waals surface area (Å²) in [5, 5.41) is 2.25. The monoisotopic (exact) mass is 1010 g/mol. The first-order chi connectivity index (χ1) is 39.1. The van der Waals surface area contributed by atoms with E-state index >= 15 is 0 Å². The summed E-state index contributed by atoms with van der Waals surface area (Å²) in [5.74, 6) is 2.65. The normalized spacial score (nSPS) is 13.0. The molecule has 372 valence electrons. The molecule has 0 amide bonds. The third kappa shape index (κ3) is 9.32. The van der Waals surface area contributed by atoms with Crippen LogP contribution in [0.15, 0.2) is 285 Å². The molecule has 1 aliphatic carbocycles. The molecular weight excluding hydrogens is 961 g/mol. The number of nitrogens with zero attached hydrogens (tertiary/aromatic N) is 6. The van der Waals surface area contributed by atoms with E-state index in [9.17, 15) is 0 Å². The second-order valence-electron chi connectivity index (χ2n) is 20.0. The highest BCUT2D eigenvalue weighted by atomic mass is 15.2. The second kappa shape index (κ2) is 20.6. The van der Waals surface area contributed by atoms with Crippen molar-refractivity contribution in [1.82, 2.24) is 29.5 Å². The van der Waals surface area contributed by atoms with E-state index in [4.69, 9.17) is 24.9 Å². The van der Waals surface area contributed by atoms with Gasteiger partial charge >= 0.3 is 0 Å². The molecule has 6 heteroatoms. The lowest BCUT2D eigenvalue weighted by Gasteiger charge is -2.14. The van der Waals surface area contributed by atoms with Gasteiger partial charge < -0.3 is 0 Å². The summed E-state index contributed by atoms with van der Waals surface area (Å²) in [6.45, 7) is 0. The highest BCUT2D eigenvalue weighted by Gasteiger charge is 2.22. The third-order valence-electron chi connectivity index (χ3n) is 15.0. The van der Waals surface area contributed by atoms with Crippen LogP contribution in [0.4, 0.5) is 0 Å². The van der Waals surface area contributed by atoms with Gasteiger partial charge in [0.2, 0.25) is 5.95 Å². The van der Waals surface area contributed by atoms with E-state index in [0.717, 1.165) is 112 Å². The van der Waals surface area contributed by atoms with Gasteiger partial charge in [-0.05, 0) is 111 Å². The number of benzene rings is 10. The van der Waals surface area contributed by atoms with Crippen LogP contribution < -0.4 is 0 Å². The molecule has 3 aromatic heterocycles. The van der Waals surface area contributed by atoms with Gasteiger partial charge in [-0.25, -0.2) is 24.9 Å². The third-order valence-corrected chi connectivity index (χ3v) is 15.0. The van der Waals surface area contributed by atoms with Crippen molar-refractivity contribution >= 4 is 21.8 Å². The van der Waals surface area contributed by atoms with Crippen LogP contribution in [0.1, 0.15) is 17.9 Å². The van der Waals surface area contributed by atoms with Crippen LogP contribution in [0.5, 0.6) is 0 Å². The minimum atomic E-state index is 0.259. The van der Waals surface area contributed by atoms with Crippen molar-refractivity contribution < 1.29 is 0 Å². The van der Waals surface area contributed by atoms with Crippen molar-refractivity contribution in [2.24, 2.45) is 0 Å². The van der Waals surface area contributed by atoms with E-state index in [2.05, 4.69) is 259 Å². The fourth-order valence-corrected chi connectivity index (χ4v) is 11.1. The molecule has 0 saturated heterocycles. The Morgan fingerprint density at radius 1 is 0.316 bits per heavy atom. The van der Waals surface area contributed by atoms with Crippen molar-refractivity contribution in [1.29, 1.82) is 0 Å². The summed E-state index contributed by atoms with van der Waals surface area (Å²) in [5.41, 5.74) is 18.7. The van der Waals surface area contributed by atoms with E-state index in [-0.39, 0.29) is 5.92 Å². The van der Waals surface area contributed by atoms with Crippen molar-refractivity contribution in [3.8, 4) is 107 Å². The van der Waals surface area contributed by atoms with Crippen LogP contribution in [0.25, 0.3) is 129 Å². The Bertz CT molecular complexity index is 4320. The van der Waals surface area contributed by atoms with E-state index in [1.54, 1.807) is 0 Å². The van der Waals surface area contributed by atoms with Gasteiger partial charge in [0.25, 0.3) is 0 Å². The Labute approximate surface area is 459 Å². The van der Waals surface area contributed by atoms with Crippen molar-refractivity contribution in [3.63, 3.8) is 0 Å². The Morgan fingerprint density at radius 2 is 0.772 bits per heavy atom. The van der Waals surface area contributed by atoms with Crippen molar-refractivity contribution in [3.05, 3.63) is 291 Å². The molecule has 0 fully saturated rings. The molecule has 3 heterocycles. The predicted octanol–water partition coefficient (Wildman–Crippen LogP) is 18.4. The summed E-state index contributed by atoms with van der Waals surface area (Å²) in [6, 6.07) is 91.7. The lowest BCUT2D eigenvalue weighted by molar-refractivity contribution is 0.855. The number of allylic oxidation sites excluding steroid dienone is 4. The molecule has 0 N–H and O–H groups in total. The molecule has 1 aliphatic rings. The predicted molar refractivity (Wildman–Crippen MR) is 324 cm³/mol. The molecule has 6 nitrogen and oxygen atoms in total. The molecular formula is C73H50N6. The molecule has 0 saturated carbocycles. The molecule has 13 aromatic rings. The van der Waals surface area contributed by atoms with Gasteiger partial charge in [-0.3, -0.25) is 4.57 Å². The quantitative estimate of drug-likeness (QED) is 0.129. The van der Waals surface area contributed by atoms with Gasteiger partial charge in [-0.15, -0.1) is 0 Å². The average Bonchev–Trinajstić information content (AvgIpc) is 4.15. The number of hydrogen-bond donors (Lipinski definition) is 0. The first kappa shape index (κ1) is 47.1. The van der Waals surface area contributed by atoms with Crippen LogP contribution in [0, 0.1) is 0 Å². The van der Waals surface area contributed by atoms with Crippen LogP contribution in [0.2, 0.25) is 0 Å². The number of fused-ring (bicyclic) bond motifs is 3. The first-order valence-corrected chi connectivity index (χ1v) is 26.8. The smallest absolute Gasteiger partial charge is 0.235 e. The lowest BCUT2D eigenvalue weighted by Crippen LogP contribution is -2.04. The maximum atomic E-state index is 5.37. The van der Waals surface area contributed by atoms with E-state index in [1.807, 2.05) is 30.3 Å². The SMILES string of the molecule is C1=CCC(c2ccc3c(c2)c2c(-c4cccc(-c5nc(-c6ccccc6)nc(-c6cccc(-c7cc(-c8ccccc8)cc(-c8ccccc8)c7)c6)n5)c4)cccc2n3-c2nc(-c3ccccc3)cc(-c3ccccc3)n2)C=C1. The van der Waals surface area contributed by atoms with E-state index in [0.29, 0.717) is 23.4 Å². The van der Waals surface area contributed by atoms with Crippen molar-refractivity contribution in [2.45, 2.75) is 12.3 Å². The fourth-order valence-electron chi connectivity index (χ4n) is 11.1. The number of hydrogen-bond acceptors (Lipinski definition) is 5. The molecule has 0 bridgehead atoms. The molecule has 1 unspecified atom stereocenters. The van der Waals surface area contributed by atoms with Gasteiger partial charge in [0.15, 0.2) is 17.5 Å². The molecule has 10 aromatic carbocycles. The first-order valence-electron chi connectivity index (χ1n) is 26.8. The van der Waals surface area contributed by atoms with E-state index in [1.165, 1.54) is 5.56 Å². The average molecular weight is 1010 g/mol. The zero-order valence-corrected chi connectivity index (χ0v) is 43.1. The minimum absolute atomic E-state index is 0.259. The summed E-state index contributed by atoms with van der Waals surface area (Å²) >= 11 is 0. The molecule has 1 atom stereocenters.